The molecule has 1 amide bonds. The zero-order valence-electron chi connectivity index (χ0n) is 12.3. The molecule has 0 aliphatic heterocycles. The summed E-state index contributed by atoms with van der Waals surface area (Å²) in [6, 6.07) is 6.19. The van der Waals surface area contributed by atoms with Crippen molar-refractivity contribution in [2.24, 2.45) is 5.92 Å². The first kappa shape index (κ1) is 16.4. The van der Waals surface area contributed by atoms with Crippen LogP contribution in [0.15, 0.2) is 18.2 Å². The van der Waals surface area contributed by atoms with Gasteiger partial charge in [0.2, 0.25) is 0 Å². The van der Waals surface area contributed by atoms with Crippen molar-refractivity contribution in [1.29, 1.82) is 5.26 Å². The van der Waals surface area contributed by atoms with Crippen LogP contribution in [-0.2, 0) is 0 Å². The second-order valence-electron chi connectivity index (χ2n) is 4.73. The zero-order valence-corrected chi connectivity index (χ0v) is 12.3. The number of hydrogen-bond acceptors (Lipinski definition) is 5. The predicted octanol–water partition coefficient (Wildman–Crippen LogP) is 2.26. The summed E-state index contributed by atoms with van der Waals surface area (Å²) in [7, 11) is 1.57. The average Bonchev–Trinajstić information content (AvgIpc) is 2.46. The van der Waals surface area contributed by atoms with E-state index in [0.717, 1.165) is 0 Å². The molecule has 0 fully saturated rings. The fourth-order valence-electron chi connectivity index (χ4n) is 1.91. The van der Waals surface area contributed by atoms with Crippen LogP contribution in [-0.4, -0.2) is 35.9 Å². The van der Waals surface area contributed by atoms with Gasteiger partial charge in [-0.15, -0.1) is 0 Å². The number of carbonyl (C=O) groups excluding carboxylic acids is 1. The maximum Gasteiger partial charge on any atom is 0.270 e. The molecule has 0 radical (unpaired) electrons. The number of carbonyl (C=O) groups is 1. The van der Waals surface area contributed by atoms with Crippen LogP contribution < -0.4 is 5.32 Å². The molecule has 21 heavy (non-hydrogen) atoms. The Morgan fingerprint density at radius 2 is 2.24 bits per heavy atom. The Hall–Kier alpha value is -2.62. The molecule has 112 valence electrons. The molecule has 1 N–H and O–H groups in total. The number of nitrogens with zero attached hydrogens (tertiary/aromatic N) is 3. The van der Waals surface area contributed by atoms with E-state index in [-0.39, 0.29) is 29.6 Å². The number of nitriles is 1. The van der Waals surface area contributed by atoms with E-state index in [4.69, 9.17) is 5.26 Å². The van der Waals surface area contributed by atoms with Gasteiger partial charge in [-0.05, 0) is 19.9 Å². The van der Waals surface area contributed by atoms with Gasteiger partial charge in [-0.2, -0.15) is 5.26 Å². The SMILES string of the molecule is CCNc1ccc([N+](=O)[O-])cc1C(=O)N(C)CC(C)C#N. The summed E-state index contributed by atoms with van der Waals surface area (Å²) in [5.41, 5.74) is 0.644. The zero-order chi connectivity index (χ0) is 16.0. The Labute approximate surface area is 123 Å². The molecule has 1 unspecified atom stereocenters. The number of benzene rings is 1. The summed E-state index contributed by atoms with van der Waals surface area (Å²) in [5.74, 6) is -0.656. The van der Waals surface area contributed by atoms with Crippen molar-refractivity contribution in [3.63, 3.8) is 0 Å². The summed E-state index contributed by atoms with van der Waals surface area (Å²) >= 11 is 0. The summed E-state index contributed by atoms with van der Waals surface area (Å²) in [6.07, 6.45) is 0. The highest BCUT2D eigenvalue weighted by Crippen LogP contribution is 2.23. The molecule has 0 aliphatic rings. The molecule has 0 saturated heterocycles. The first-order chi connectivity index (χ1) is 9.90. The number of rotatable bonds is 6. The van der Waals surface area contributed by atoms with Crippen molar-refractivity contribution in [3.8, 4) is 6.07 Å². The number of anilines is 1. The van der Waals surface area contributed by atoms with E-state index in [1.54, 1.807) is 14.0 Å². The second kappa shape index (κ2) is 7.24. The highest BCUT2D eigenvalue weighted by molar-refractivity contribution is 6.00. The molecule has 0 aromatic heterocycles. The lowest BCUT2D eigenvalue weighted by molar-refractivity contribution is -0.384. The Morgan fingerprint density at radius 3 is 2.76 bits per heavy atom. The number of non-ortho nitro benzene ring substituents is 1. The highest BCUT2D eigenvalue weighted by atomic mass is 16.6. The lowest BCUT2D eigenvalue weighted by atomic mass is 10.1. The van der Waals surface area contributed by atoms with Gasteiger partial charge in [-0.3, -0.25) is 14.9 Å². The van der Waals surface area contributed by atoms with E-state index in [0.29, 0.717) is 12.2 Å². The number of nitro groups is 1. The van der Waals surface area contributed by atoms with Gasteiger partial charge in [0.15, 0.2) is 0 Å². The van der Waals surface area contributed by atoms with Gasteiger partial charge < -0.3 is 10.2 Å². The minimum Gasteiger partial charge on any atom is -0.385 e. The van der Waals surface area contributed by atoms with Crippen molar-refractivity contribution in [2.45, 2.75) is 13.8 Å². The van der Waals surface area contributed by atoms with Gasteiger partial charge >= 0.3 is 0 Å². The molecule has 1 aromatic carbocycles. The monoisotopic (exact) mass is 290 g/mol. The van der Waals surface area contributed by atoms with Crippen LogP contribution >= 0.6 is 0 Å². The Bertz CT molecular complexity index is 580. The average molecular weight is 290 g/mol. The van der Waals surface area contributed by atoms with E-state index in [1.165, 1.54) is 23.1 Å². The molecular formula is C14H18N4O3. The molecular weight excluding hydrogens is 272 g/mol. The van der Waals surface area contributed by atoms with E-state index in [1.807, 2.05) is 6.92 Å². The first-order valence-corrected chi connectivity index (χ1v) is 6.58. The number of nitrogens with one attached hydrogen (secondary N) is 1. The molecule has 1 atom stereocenters. The maximum absolute atomic E-state index is 12.4. The van der Waals surface area contributed by atoms with Crippen molar-refractivity contribution < 1.29 is 9.72 Å². The van der Waals surface area contributed by atoms with Crippen LogP contribution in [0.3, 0.4) is 0 Å². The molecule has 0 bridgehead atoms. The third-order valence-electron chi connectivity index (χ3n) is 2.93. The van der Waals surface area contributed by atoms with Crippen LogP contribution in [0.5, 0.6) is 0 Å². The summed E-state index contributed by atoms with van der Waals surface area (Å²) in [6.45, 7) is 4.44. The predicted molar refractivity (Wildman–Crippen MR) is 79.0 cm³/mol. The molecule has 0 saturated carbocycles. The molecule has 7 heteroatoms. The smallest absolute Gasteiger partial charge is 0.270 e. The highest BCUT2D eigenvalue weighted by Gasteiger charge is 2.20. The normalized spacial score (nSPS) is 11.3. The van der Waals surface area contributed by atoms with Gasteiger partial charge in [0.05, 0.1) is 22.5 Å². The lowest BCUT2D eigenvalue weighted by Crippen LogP contribution is -2.31. The quantitative estimate of drug-likeness (QED) is 0.640. The van der Waals surface area contributed by atoms with Gasteiger partial charge in [0.25, 0.3) is 11.6 Å². The van der Waals surface area contributed by atoms with E-state index in [2.05, 4.69) is 11.4 Å². The molecule has 0 aliphatic carbocycles. The number of nitro benzene ring substituents is 1. The summed E-state index contributed by atoms with van der Waals surface area (Å²) < 4.78 is 0. The van der Waals surface area contributed by atoms with Gasteiger partial charge in [-0.1, -0.05) is 0 Å². The van der Waals surface area contributed by atoms with Crippen LogP contribution in [0.25, 0.3) is 0 Å². The lowest BCUT2D eigenvalue weighted by Gasteiger charge is -2.20. The second-order valence-corrected chi connectivity index (χ2v) is 4.73. The first-order valence-electron chi connectivity index (χ1n) is 6.58. The van der Waals surface area contributed by atoms with Crippen molar-refractivity contribution in [2.75, 3.05) is 25.5 Å². The summed E-state index contributed by atoms with van der Waals surface area (Å²) in [5, 5.41) is 22.7. The molecule has 1 aromatic rings. The van der Waals surface area contributed by atoms with Crippen molar-refractivity contribution in [3.05, 3.63) is 33.9 Å². The number of hydrogen-bond donors (Lipinski definition) is 1. The number of amides is 1. The van der Waals surface area contributed by atoms with Crippen LogP contribution in [0.4, 0.5) is 11.4 Å². The minimum atomic E-state index is -0.537. The Balaban J connectivity index is 3.13. The van der Waals surface area contributed by atoms with E-state index >= 15 is 0 Å². The molecule has 0 spiro atoms. The van der Waals surface area contributed by atoms with E-state index in [9.17, 15) is 14.9 Å². The van der Waals surface area contributed by atoms with E-state index < -0.39 is 4.92 Å². The third kappa shape index (κ3) is 4.18. The molecule has 1 rings (SSSR count). The van der Waals surface area contributed by atoms with Crippen molar-refractivity contribution >= 4 is 17.3 Å². The van der Waals surface area contributed by atoms with Crippen LogP contribution in [0.2, 0.25) is 0 Å². The maximum atomic E-state index is 12.4. The Kier molecular flexibility index (Phi) is 5.67. The van der Waals surface area contributed by atoms with Crippen LogP contribution in [0.1, 0.15) is 24.2 Å². The Morgan fingerprint density at radius 1 is 1.57 bits per heavy atom. The standard InChI is InChI=1S/C14H18N4O3/c1-4-16-13-6-5-11(18(20)21)7-12(13)14(19)17(3)9-10(2)8-15/h5-7,10,16H,4,9H2,1-3H3. The van der Waals surface area contributed by atoms with Gasteiger partial charge in [-0.25, -0.2) is 0 Å². The van der Waals surface area contributed by atoms with Crippen molar-refractivity contribution in [1.82, 2.24) is 4.90 Å². The minimum absolute atomic E-state index is 0.137. The molecule has 7 nitrogen and oxygen atoms in total. The third-order valence-corrected chi connectivity index (χ3v) is 2.93. The largest absolute Gasteiger partial charge is 0.385 e. The fraction of sp³-hybridized carbons (Fsp3) is 0.429. The van der Waals surface area contributed by atoms with Gasteiger partial charge in [0.1, 0.15) is 0 Å². The van der Waals surface area contributed by atoms with Gasteiger partial charge in [0, 0.05) is 38.0 Å². The topological polar surface area (TPSA) is 99.3 Å². The fourth-order valence-corrected chi connectivity index (χ4v) is 1.91. The van der Waals surface area contributed by atoms with Crippen LogP contribution in [0, 0.1) is 27.4 Å². The summed E-state index contributed by atoms with van der Waals surface area (Å²) in [4.78, 5) is 24.1. The molecule has 0 heterocycles.